The van der Waals surface area contributed by atoms with Crippen molar-refractivity contribution in [1.29, 1.82) is 0 Å². The van der Waals surface area contributed by atoms with E-state index in [1.54, 1.807) is 6.92 Å². The quantitative estimate of drug-likeness (QED) is 0.494. The minimum absolute atomic E-state index is 0.0156. The highest BCUT2D eigenvalue weighted by molar-refractivity contribution is 6.11. The van der Waals surface area contributed by atoms with Crippen LogP contribution in [0.2, 0.25) is 0 Å². The molecule has 0 saturated carbocycles. The summed E-state index contributed by atoms with van der Waals surface area (Å²) in [5.41, 5.74) is 10.6. The minimum Gasteiger partial charge on any atom is -0.379 e. The molecule has 0 radical (unpaired) electrons. The molecule has 4 rings (SSSR count). The van der Waals surface area contributed by atoms with Crippen LogP contribution in [0, 0.1) is 23.5 Å². The standard InChI is InChI=1S/C25H23F2N3.2C2H6/c1-3-19(25(2,28)18-9-10-20(26)21(27)14-18)22-11-12-23-24(30-22)13-17(15-29-23)16-7-5-4-6-8-16;2*1-2/h3,7,9-15,23,29H,5,8,28H2,1-2H3;2*1-2H3/b19-3-;;. The molecule has 2 unspecified atom stereocenters. The number of nitrogens with zero attached hydrogens (tertiary/aromatic N) is 1. The Morgan fingerprint density at radius 1 is 1.18 bits per heavy atom. The number of aliphatic imine (C=N–C) groups is 1. The van der Waals surface area contributed by atoms with Gasteiger partial charge < -0.3 is 11.1 Å². The van der Waals surface area contributed by atoms with Crippen LogP contribution in [0.25, 0.3) is 0 Å². The third kappa shape index (κ3) is 5.81. The van der Waals surface area contributed by atoms with Gasteiger partial charge in [0, 0.05) is 19.0 Å². The van der Waals surface area contributed by atoms with Crippen LogP contribution in [0.3, 0.4) is 0 Å². The zero-order valence-electron chi connectivity index (χ0n) is 21.0. The van der Waals surface area contributed by atoms with Gasteiger partial charge in [-0.2, -0.15) is 0 Å². The monoisotopic (exact) mass is 463 g/mol. The highest BCUT2D eigenvalue weighted by atomic mass is 19.2. The van der Waals surface area contributed by atoms with Crippen molar-refractivity contribution in [1.82, 2.24) is 5.32 Å². The van der Waals surface area contributed by atoms with E-state index in [2.05, 4.69) is 29.3 Å². The van der Waals surface area contributed by atoms with E-state index in [-0.39, 0.29) is 6.04 Å². The van der Waals surface area contributed by atoms with Gasteiger partial charge in [-0.15, -0.1) is 0 Å². The van der Waals surface area contributed by atoms with Crippen LogP contribution in [-0.2, 0) is 5.54 Å². The third-order valence-electron chi connectivity index (χ3n) is 5.61. The molecule has 0 bridgehead atoms. The maximum atomic E-state index is 13.8. The summed E-state index contributed by atoms with van der Waals surface area (Å²) >= 11 is 0. The largest absolute Gasteiger partial charge is 0.379 e. The van der Waals surface area contributed by atoms with Crippen LogP contribution in [0.5, 0.6) is 0 Å². The third-order valence-corrected chi connectivity index (χ3v) is 5.61. The summed E-state index contributed by atoms with van der Waals surface area (Å²) in [6, 6.07) is 3.74. The maximum Gasteiger partial charge on any atom is 0.159 e. The Morgan fingerprint density at radius 3 is 2.53 bits per heavy atom. The summed E-state index contributed by atoms with van der Waals surface area (Å²) in [6.45, 7) is 11.6. The zero-order chi connectivity index (χ0) is 25.3. The molecule has 1 aromatic carbocycles. The first-order chi connectivity index (χ1) is 16.4. The Bertz CT molecular complexity index is 1140. The van der Waals surface area contributed by atoms with Gasteiger partial charge in [0.1, 0.15) is 0 Å². The molecule has 2 aliphatic heterocycles. The van der Waals surface area contributed by atoms with Crippen LogP contribution >= 0.6 is 0 Å². The number of nitrogens with one attached hydrogen (secondary N) is 1. The molecule has 180 valence electrons. The van der Waals surface area contributed by atoms with Gasteiger partial charge in [0.05, 0.1) is 23.0 Å². The molecule has 2 atom stereocenters. The Labute approximate surface area is 202 Å². The first kappa shape index (κ1) is 27.0. The fraction of sp³-hybridized carbons (Fsp3) is 0.345. The van der Waals surface area contributed by atoms with Crippen molar-refractivity contribution in [3.05, 3.63) is 94.4 Å². The fourth-order valence-corrected chi connectivity index (χ4v) is 3.90. The molecule has 3 N–H and O–H groups in total. The van der Waals surface area contributed by atoms with Crippen molar-refractivity contribution in [2.24, 2.45) is 10.7 Å². The molecule has 1 aromatic rings. The number of rotatable bonds is 4. The highest BCUT2D eigenvalue weighted by Gasteiger charge is 2.31. The molecule has 0 spiro atoms. The zero-order valence-corrected chi connectivity index (χ0v) is 21.0. The molecule has 34 heavy (non-hydrogen) atoms. The van der Waals surface area contributed by atoms with Crippen molar-refractivity contribution in [3.8, 4) is 11.8 Å². The molecule has 3 aliphatic rings. The van der Waals surface area contributed by atoms with E-state index in [0.29, 0.717) is 11.3 Å². The molecule has 2 heterocycles. The number of benzene rings is 1. The summed E-state index contributed by atoms with van der Waals surface area (Å²) in [5.74, 6) is 4.40. The minimum atomic E-state index is -1.04. The van der Waals surface area contributed by atoms with Gasteiger partial charge in [-0.05, 0) is 60.4 Å². The number of hydrogen-bond acceptors (Lipinski definition) is 3. The van der Waals surface area contributed by atoms with E-state index in [4.69, 9.17) is 10.7 Å². The predicted octanol–water partition coefficient (Wildman–Crippen LogP) is 6.61. The Morgan fingerprint density at radius 2 is 1.91 bits per heavy atom. The van der Waals surface area contributed by atoms with Crippen molar-refractivity contribution in [3.63, 3.8) is 0 Å². The molecular weight excluding hydrogens is 428 g/mol. The predicted molar refractivity (Wildman–Crippen MR) is 139 cm³/mol. The summed E-state index contributed by atoms with van der Waals surface area (Å²) in [7, 11) is 0. The van der Waals surface area contributed by atoms with Crippen molar-refractivity contribution in [2.75, 3.05) is 0 Å². The molecule has 0 aromatic heterocycles. The van der Waals surface area contributed by atoms with Crippen LogP contribution < -0.4 is 11.1 Å². The van der Waals surface area contributed by atoms with Crippen LogP contribution in [0.4, 0.5) is 8.78 Å². The Balaban J connectivity index is 0.000000970. The highest BCUT2D eigenvalue weighted by Crippen LogP contribution is 2.32. The number of fused-ring (bicyclic) bond motifs is 1. The van der Waals surface area contributed by atoms with Crippen LogP contribution in [-0.4, -0.2) is 11.8 Å². The van der Waals surface area contributed by atoms with Gasteiger partial charge in [-0.25, -0.2) is 8.78 Å². The summed E-state index contributed by atoms with van der Waals surface area (Å²) in [5, 5.41) is 3.37. The van der Waals surface area contributed by atoms with E-state index >= 15 is 0 Å². The Kier molecular flexibility index (Phi) is 9.77. The maximum absolute atomic E-state index is 13.8. The molecule has 0 amide bonds. The molecule has 0 saturated heterocycles. The van der Waals surface area contributed by atoms with E-state index in [1.807, 2.05) is 59.0 Å². The number of nitrogens with two attached hydrogens (primary N) is 1. The number of halogens is 2. The van der Waals surface area contributed by atoms with E-state index < -0.39 is 17.2 Å². The van der Waals surface area contributed by atoms with Gasteiger partial charge in [0.25, 0.3) is 0 Å². The second-order valence-electron chi connectivity index (χ2n) is 7.67. The van der Waals surface area contributed by atoms with E-state index in [0.717, 1.165) is 41.8 Å². The fourth-order valence-electron chi connectivity index (χ4n) is 3.90. The SMILES string of the molecule is C/C=C(/C1=NC2=CC(C3=CCC#CC3)=CNC2C=C1)C(C)(N)c1ccc(F)c(F)c1.CC.CC. The smallest absolute Gasteiger partial charge is 0.159 e. The lowest BCUT2D eigenvalue weighted by atomic mass is 9.81. The van der Waals surface area contributed by atoms with Gasteiger partial charge in [-0.1, -0.05) is 63.8 Å². The normalized spacial score (nSPS) is 20.0. The number of hydrogen-bond donors (Lipinski definition) is 2. The summed E-state index contributed by atoms with van der Waals surface area (Å²) < 4.78 is 27.2. The molecule has 5 heteroatoms. The van der Waals surface area contributed by atoms with Gasteiger partial charge in [0.15, 0.2) is 11.6 Å². The average Bonchev–Trinajstić information content (AvgIpc) is 2.88. The van der Waals surface area contributed by atoms with Crippen LogP contribution in [0.15, 0.2) is 82.2 Å². The van der Waals surface area contributed by atoms with Gasteiger partial charge in [0.2, 0.25) is 0 Å². The second-order valence-corrected chi connectivity index (χ2v) is 7.67. The summed E-state index contributed by atoms with van der Waals surface area (Å²) in [4.78, 5) is 4.86. The molecular formula is C29H35F2N3. The average molecular weight is 464 g/mol. The number of dihydropyridines is 2. The first-order valence-electron chi connectivity index (χ1n) is 11.9. The lowest BCUT2D eigenvalue weighted by Crippen LogP contribution is -2.39. The van der Waals surface area contributed by atoms with E-state index in [1.165, 1.54) is 11.6 Å². The van der Waals surface area contributed by atoms with Crippen molar-refractivity contribution >= 4 is 5.71 Å². The second kappa shape index (κ2) is 12.3. The van der Waals surface area contributed by atoms with Crippen molar-refractivity contribution < 1.29 is 8.78 Å². The Hall–Kier alpha value is -3.23. The van der Waals surface area contributed by atoms with Gasteiger partial charge >= 0.3 is 0 Å². The van der Waals surface area contributed by atoms with Gasteiger partial charge in [-0.3, -0.25) is 4.99 Å². The lowest BCUT2D eigenvalue weighted by molar-refractivity contribution is 0.500. The molecule has 1 aliphatic carbocycles. The number of allylic oxidation sites excluding steroid dienone is 6. The topological polar surface area (TPSA) is 50.4 Å². The van der Waals surface area contributed by atoms with Crippen LogP contribution in [0.1, 0.15) is 59.9 Å². The molecule has 0 fully saturated rings. The van der Waals surface area contributed by atoms with E-state index in [9.17, 15) is 8.78 Å². The molecule has 3 nitrogen and oxygen atoms in total. The summed E-state index contributed by atoms with van der Waals surface area (Å²) in [6.07, 6.45) is 13.5. The van der Waals surface area contributed by atoms with Crippen molar-refractivity contribution in [2.45, 2.75) is 66.0 Å². The first-order valence-corrected chi connectivity index (χ1v) is 11.9. The lowest BCUT2D eigenvalue weighted by Gasteiger charge is -2.31.